The lowest BCUT2D eigenvalue weighted by molar-refractivity contribution is 0.0979. The Morgan fingerprint density at radius 1 is 1.00 bits per heavy atom. The van der Waals surface area contributed by atoms with Crippen LogP contribution in [0, 0.1) is 0 Å². The highest BCUT2D eigenvalue weighted by molar-refractivity contribution is 7.87. The van der Waals surface area contributed by atoms with E-state index in [2.05, 4.69) is 4.72 Å². The fourth-order valence-electron chi connectivity index (χ4n) is 2.67. The molecule has 0 bridgehead atoms. The third-order valence-corrected chi connectivity index (χ3v) is 5.76. The minimum Gasteiger partial charge on any atom is -0.268 e. The predicted octanol–water partition coefficient (Wildman–Crippen LogP) is 3.08. The molecule has 0 spiro atoms. The number of nitrogens with one attached hydrogen (secondary N) is 1. The molecule has 5 nitrogen and oxygen atoms in total. The normalized spacial score (nSPS) is 15.4. The Morgan fingerprint density at radius 3 is 2.33 bits per heavy atom. The van der Waals surface area contributed by atoms with Crippen LogP contribution >= 0.6 is 11.6 Å². The van der Waals surface area contributed by atoms with Gasteiger partial charge in [0.2, 0.25) is 0 Å². The van der Waals surface area contributed by atoms with Gasteiger partial charge < -0.3 is 0 Å². The SMILES string of the molecule is O=C(NS(=O)(=O)N1CCCC1)c1cc(-c2ccccc2)ccc1Cl. The Kier molecular flexibility index (Phi) is 4.89. The van der Waals surface area contributed by atoms with E-state index in [1.165, 1.54) is 4.31 Å². The van der Waals surface area contributed by atoms with Crippen molar-refractivity contribution in [2.24, 2.45) is 0 Å². The van der Waals surface area contributed by atoms with E-state index < -0.39 is 16.1 Å². The third kappa shape index (κ3) is 3.61. The molecule has 1 N–H and O–H groups in total. The fraction of sp³-hybridized carbons (Fsp3) is 0.235. The maximum absolute atomic E-state index is 12.4. The number of hydrogen-bond donors (Lipinski definition) is 1. The summed E-state index contributed by atoms with van der Waals surface area (Å²) < 4.78 is 27.9. The molecule has 3 rings (SSSR count). The molecule has 0 radical (unpaired) electrons. The first-order chi connectivity index (χ1) is 11.5. The van der Waals surface area contributed by atoms with Crippen LogP contribution in [0.2, 0.25) is 5.02 Å². The van der Waals surface area contributed by atoms with Crippen LogP contribution in [0.4, 0.5) is 0 Å². The molecule has 1 amide bonds. The molecule has 7 heteroatoms. The number of hydrogen-bond acceptors (Lipinski definition) is 3. The number of carbonyl (C=O) groups is 1. The summed E-state index contributed by atoms with van der Waals surface area (Å²) in [5, 5.41) is 0.212. The molecule has 2 aromatic rings. The highest BCUT2D eigenvalue weighted by atomic mass is 35.5. The molecule has 1 aliphatic heterocycles. The van der Waals surface area contributed by atoms with Gasteiger partial charge in [0.25, 0.3) is 5.91 Å². The number of rotatable bonds is 4. The lowest BCUT2D eigenvalue weighted by atomic mass is 10.0. The molecular weight excluding hydrogens is 348 g/mol. The smallest absolute Gasteiger partial charge is 0.268 e. The minimum atomic E-state index is -3.83. The van der Waals surface area contributed by atoms with E-state index in [1.54, 1.807) is 18.2 Å². The monoisotopic (exact) mass is 364 g/mol. The second-order valence-electron chi connectivity index (χ2n) is 5.60. The van der Waals surface area contributed by atoms with Crippen LogP contribution in [0.3, 0.4) is 0 Å². The van der Waals surface area contributed by atoms with Gasteiger partial charge in [-0.1, -0.05) is 48.0 Å². The summed E-state index contributed by atoms with van der Waals surface area (Å²) in [5.74, 6) is -0.718. The fourth-order valence-corrected chi connectivity index (χ4v) is 4.09. The van der Waals surface area contributed by atoms with Gasteiger partial charge in [-0.15, -0.1) is 0 Å². The van der Waals surface area contributed by atoms with Crippen LogP contribution in [0.15, 0.2) is 48.5 Å². The van der Waals surface area contributed by atoms with Crippen molar-refractivity contribution < 1.29 is 13.2 Å². The van der Waals surface area contributed by atoms with Crippen molar-refractivity contribution in [3.63, 3.8) is 0 Å². The summed E-state index contributed by atoms with van der Waals surface area (Å²) in [4.78, 5) is 12.4. The van der Waals surface area contributed by atoms with Crippen molar-refractivity contribution in [2.75, 3.05) is 13.1 Å². The minimum absolute atomic E-state index is 0.140. The Hall–Kier alpha value is -1.89. The summed E-state index contributed by atoms with van der Waals surface area (Å²) in [6.07, 6.45) is 1.61. The Bertz CT molecular complexity index is 847. The summed E-state index contributed by atoms with van der Waals surface area (Å²) >= 11 is 6.10. The largest absolute Gasteiger partial charge is 0.304 e. The Labute approximate surface area is 146 Å². The zero-order chi connectivity index (χ0) is 17.2. The van der Waals surface area contributed by atoms with Gasteiger partial charge in [-0.2, -0.15) is 12.7 Å². The van der Waals surface area contributed by atoms with Gasteiger partial charge >= 0.3 is 10.2 Å². The summed E-state index contributed by atoms with van der Waals surface area (Å²) in [5.41, 5.74) is 1.86. The number of amides is 1. The van der Waals surface area contributed by atoms with E-state index >= 15 is 0 Å². The summed E-state index contributed by atoms with van der Waals surface area (Å²) in [7, 11) is -3.83. The third-order valence-electron chi connectivity index (χ3n) is 3.94. The van der Waals surface area contributed by atoms with Crippen LogP contribution < -0.4 is 4.72 Å². The van der Waals surface area contributed by atoms with Gasteiger partial charge in [-0.3, -0.25) is 4.79 Å². The quantitative estimate of drug-likeness (QED) is 0.906. The molecular formula is C17H17ClN2O3S. The number of halogens is 1. The average molecular weight is 365 g/mol. The van der Waals surface area contributed by atoms with Gasteiger partial charge in [0.15, 0.2) is 0 Å². The van der Waals surface area contributed by atoms with Crippen LogP contribution in [-0.4, -0.2) is 31.7 Å². The highest BCUT2D eigenvalue weighted by Gasteiger charge is 2.28. The second-order valence-corrected chi connectivity index (χ2v) is 7.68. The standard InChI is InChI=1S/C17H17ClN2O3S/c18-16-9-8-14(13-6-2-1-3-7-13)12-15(16)17(21)19-24(22,23)20-10-4-5-11-20/h1-3,6-9,12H,4-5,10-11H2,(H,19,21). The number of nitrogens with zero attached hydrogens (tertiary/aromatic N) is 1. The van der Waals surface area contributed by atoms with Gasteiger partial charge in [-0.25, -0.2) is 4.72 Å². The van der Waals surface area contributed by atoms with Crippen LogP contribution in [0.5, 0.6) is 0 Å². The second kappa shape index (κ2) is 6.93. The van der Waals surface area contributed by atoms with Gasteiger partial charge in [-0.05, 0) is 36.1 Å². The number of carbonyl (C=O) groups excluding carboxylic acids is 1. The summed E-state index contributed by atoms with van der Waals surface area (Å²) in [6.45, 7) is 0.862. The van der Waals surface area contributed by atoms with E-state index in [0.717, 1.165) is 24.0 Å². The van der Waals surface area contributed by atoms with Crippen molar-refractivity contribution in [3.05, 3.63) is 59.1 Å². The van der Waals surface area contributed by atoms with Crippen molar-refractivity contribution in [1.82, 2.24) is 9.03 Å². The Balaban J connectivity index is 1.87. The first kappa shape index (κ1) is 17.0. The molecule has 126 valence electrons. The van der Waals surface area contributed by atoms with Crippen molar-refractivity contribution in [3.8, 4) is 11.1 Å². The molecule has 1 aliphatic rings. The molecule has 24 heavy (non-hydrogen) atoms. The molecule has 1 heterocycles. The van der Waals surface area contributed by atoms with Crippen LogP contribution in [-0.2, 0) is 10.2 Å². The molecule has 0 aromatic heterocycles. The van der Waals surface area contributed by atoms with E-state index in [4.69, 9.17) is 11.6 Å². The Morgan fingerprint density at radius 2 is 1.67 bits per heavy atom. The summed E-state index contributed by atoms with van der Waals surface area (Å²) in [6, 6.07) is 14.5. The maximum Gasteiger partial charge on any atom is 0.304 e. The first-order valence-corrected chi connectivity index (χ1v) is 9.46. The predicted molar refractivity (Wildman–Crippen MR) is 94.1 cm³/mol. The first-order valence-electron chi connectivity index (χ1n) is 7.64. The van der Waals surface area contributed by atoms with Crippen molar-refractivity contribution in [1.29, 1.82) is 0 Å². The zero-order valence-corrected chi connectivity index (χ0v) is 14.5. The highest BCUT2D eigenvalue weighted by Crippen LogP contribution is 2.25. The maximum atomic E-state index is 12.4. The van der Waals surface area contributed by atoms with Gasteiger partial charge in [0.05, 0.1) is 10.6 Å². The molecule has 0 saturated carbocycles. The molecule has 0 aliphatic carbocycles. The molecule has 0 unspecified atom stereocenters. The molecule has 2 aromatic carbocycles. The van der Waals surface area contributed by atoms with Crippen molar-refractivity contribution >= 4 is 27.7 Å². The van der Waals surface area contributed by atoms with E-state index in [9.17, 15) is 13.2 Å². The van der Waals surface area contributed by atoms with Crippen molar-refractivity contribution in [2.45, 2.75) is 12.8 Å². The zero-order valence-electron chi connectivity index (χ0n) is 12.9. The molecule has 1 fully saturated rings. The molecule has 0 atom stereocenters. The van der Waals surface area contributed by atoms with E-state index in [-0.39, 0.29) is 10.6 Å². The average Bonchev–Trinajstić information content (AvgIpc) is 3.11. The lowest BCUT2D eigenvalue weighted by Gasteiger charge is -2.16. The number of benzene rings is 2. The van der Waals surface area contributed by atoms with Gasteiger partial charge in [0.1, 0.15) is 0 Å². The molecule has 1 saturated heterocycles. The van der Waals surface area contributed by atoms with Crippen LogP contribution in [0.1, 0.15) is 23.2 Å². The van der Waals surface area contributed by atoms with E-state index in [1.807, 2.05) is 30.3 Å². The van der Waals surface area contributed by atoms with Gasteiger partial charge in [0, 0.05) is 13.1 Å². The lowest BCUT2D eigenvalue weighted by Crippen LogP contribution is -2.42. The topological polar surface area (TPSA) is 66.5 Å². The van der Waals surface area contributed by atoms with E-state index in [0.29, 0.717) is 13.1 Å². The van der Waals surface area contributed by atoms with Crippen LogP contribution in [0.25, 0.3) is 11.1 Å².